The van der Waals surface area contributed by atoms with Crippen LogP contribution < -0.4 is 15.4 Å². The summed E-state index contributed by atoms with van der Waals surface area (Å²) in [7, 11) is 1.70. The van der Waals surface area contributed by atoms with E-state index in [4.69, 9.17) is 4.74 Å². The molecule has 0 unspecified atom stereocenters. The zero-order valence-corrected chi connectivity index (χ0v) is 11.9. The van der Waals surface area contributed by atoms with Crippen molar-refractivity contribution in [3.8, 4) is 5.75 Å². The third-order valence-electron chi connectivity index (χ3n) is 4.53. The summed E-state index contributed by atoms with van der Waals surface area (Å²) in [6.45, 7) is 1.99. The summed E-state index contributed by atoms with van der Waals surface area (Å²) in [6, 6.07) is 8.17. The van der Waals surface area contributed by atoms with Crippen molar-refractivity contribution >= 4 is 5.91 Å². The Bertz CT molecular complexity index is 495. The molecular weight excluding hydrogens is 252 g/mol. The SMILES string of the molecule is CNC(=O)C[C@@H]1CC2(CCNCC2)Oc2ccccc21. The van der Waals surface area contributed by atoms with Crippen LogP contribution in [-0.4, -0.2) is 31.6 Å². The van der Waals surface area contributed by atoms with Gasteiger partial charge in [-0.15, -0.1) is 0 Å². The number of fused-ring (bicyclic) bond motifs is 1. The van der Waals surface area contributed by atoms with E-state index in [9.17, 15) is 4.79 Å². The first-order valence-corrected chi connectivity index (χ1v) is 7.42. The summed E-state index contributed by atoms with van der Waals surface area (Å²) >= 11 is 0. The minimum atomic E-state index is -0.0850. The summed E-state index contributed by atoms with van der Waals surface area (Å²) in [5.74, 6) is 1.34. The number of carbonyl (C=O) groups excluding carboxylic acids is 1. The molecule has 1 atom stereocenters. The van der Waals surface area contributed by atoms with Gasteiger partial charge in [0.1, 0.15) is 11.4 Å². The molecule has 2 aliphatic heterocycles. The molecule has 2 aliphatic rings. The minimum Gasteiger partial charge on any atom is -0.487 e. The van der Waals surface area contributed by atoms with E-state index >= 15 is 0 Å². The van der Waals surface area contributed by atoms with E-state index in [1.54, 1.807) is 7.05 Å². The standard InChI is InChI=1S/C16H22N2O2/c1-17-15(19)10-12-11-16(6-8-18-9-7-16)20-14-5-3-2-4-13(12)14/h2-5,12,18H,6-11H2,1H3,(H,17,19)/t12-/m1/s1. The Labute approximate surface area is 119 Å². The van der Waals surface area contributed by atoms with Crippen molar-refractivity contribution in [2.24, 2.45) is 0 Å². The number of rotatable bonds is 2. The predicted molar refractivity (Wildman–Crippen MR) is 77.9 cm³/mol. The van der Waals surface area contributed by atoms with Gasteiger partial charge in [0, 0.05) is 19.4 Å². The molecule has 20 heavy (non-hydrogen) atoms. The lowest BCUT2D eigenvalue weighted by atomic mass is 9.76. The van der Waals surface area contributed by atoms with E-state index in [1.165, 1.54) is 5.56 Å². The highest BCUT2D eigenvalue weighted by atomic mass is 16.5. The van der Waals surface area contributed by atoms with Gasteiger partial charge in [0.05, 0.1) is 0 Å². The van der Waals surface area contributed by atoms with E-state index in [-0.39, 0.29) is 17.4 Å². The first-order valence-electron chi connectivity index (χ1n) is 7.42. The monoisotopic (exact) mass is 274 g/mol. The number of carbonyl (C=O) groups is 1. The zero-order valence-electron chi connectivity index (χ0n) is 11.9. The second kappa shape index (κ2) is 5.44. The second-order valence-electron chi connectivity index (χ2n) is 5.85. The average Bonchev–Trinajstić information content (AvgIpc) is 2.48. The fourth-order valence-electron chi connectivity index (χ4n) is 3.44. The molecule has 0 saturated carbocycles. The Morgan fingerprint density at radius 2 is 2.15 bits per heavy atom. The molecule has 1 spiro atoms. The Morgan fingerprint density at radius 1 is 1.40 bits per heavy atom. The van der Waals surface area contributed by atoms with Crippen molar-refractivity contribution in [1.82, 2.24) is 10.6 Å². The lowest BCUT2D eigenvalue weighted by molar-refractivity contribution is -0.121. The largest absolute Gasteiger partial charge is 0.487 e. The van der Waals surface area contributed by atoms with Gasteiger partial charge in [0.25, 0.3) is 0 Å². The summed E-state index contributed by atoms with van der Waals surface area (Å²) < 4.78 is 6.33. The molecule has 0 aliphatic carbocycles. The fraction of sp³-hybridized carbons (Fsp3) is 0.562. The number of amides is 1. The summed E-state index contributed by atoms with van der Waals surface area (Å²) in [5.41, 5.74) is 1.10. The van der Waals surface area contributed by atoms with Crippen LogP contribution in [0.15, 0.2) is 24.3 Å². The minimum absolute atomic E-state index is 0.0850. The third kappa shape index (κ3) is 2.52. The van der Waals surface area contributed by atoms with Gasteiger partial charge < -0.3 is 15.4 Å². The van der Waals surface area contributed by atoms with Crippen molar-refractivity contribution in [2.75, 3.05) is 20.1 Å². The molecule has 0 bridgehead atoms. The van der Waals surface area contributed by atoms with Crippen LogP contribution >= 0.6 is 0 Å². The number of hydrogen-bond donors (Lipinski definition) is 2. The van der Waals surface area contributed by atoms with Crippen LogP contribution in [0.3, 0.4) is 0 Å². The normalized spacial score (nSPS) is 23.8. The number of benzene rings is 1. The Hall–Kier alpha value is -1.55. The van der Waals surface area contributed by atoms with Gasteiger partial charge in [0.2, 0.25) is 5.91 Å². The lowest BCUT2D eigenvalue weighted by Gasteiger charge is -2.44. The molecule has 1 saturated heterocycles. The smallest absolute Gasteiger partial charge is 0.220 e. The molecule has 3 rings (SSSR count). The van der Waals surface area contributed by atoms with Gasteiger partial charge >= 0.3 is 0 Å². The van der Waals surface area contributed by atoms with Crippen molar-refractivity contribution in [2.45, 2.75) is 37.2 Å². The molecule has 0 aromatic heterocycles. The first kappa shape index (κ1) is 13.4. The highest BCUT2D eigenvalue weighted by molar-refractivity contribution is 5.76. The van der Waals surface area contributed by atoms with Crippen molar-refractivity contribution in [3.63, 3.8) is 0 Å². The van der Waals surface area contributed by atoms with Gasteiger partial charge in [-0.05, 0) is 44.0 Å². The Balaban J connectivity index is 1.89. The zero-order chi connectivity index (χ0) is 14.0. The Morgan fingerprint density at radius 3 is 2.90 bits per heavy atom. The molecule has 0 radical (unpaired) electrons. The van der Waals surface area contributed by atoms with Crippen LogP contribution in [0.5, 0.6) is 5.75 Å². The fourth-order valence-corrected chi connectivity index (χ4v) is 3.44. The van der Waals surface area contributed by atoms with Crippen molar-refractivity contribution in [1.29, 1.82) is 0 Å². The molecule has 4 heteroatoms. The topological polar surface area (TPSA) is 50.4 Å². The van der Waals surface area contributed by atoms with Gasteiger partial charge in [0.15, 0.2) is 0 Å². The quantitative estimate of drug-likeness (QED) is 0.865. The van der Waals surface area contributed by atoms with Gasteiger partial charge in [-0.1, -0.05) is 18.2 Å². The van der Waals surface area contributed by atoms with E-state index in [2.05, 4.69) is 16.7 Å². The molecule has 108 valence electrons. The molecule has 2 N–H and O–H groups in total. The van der Waals surface area contributed by atoms with Crippen molar-refractivity contribution < 1.29 is 9.53 Å². The second-order valence-corrected chi connectivity index (χ2v) is 5.85. The molecule has 1 fully saturated rings. The van der Waals surface area contributed by atoms with E-state index in [1.807, 2.05) is 18.2 Å². The van der Waals surface area contributed by atoms with Crippen LogP contribution in [0.4, 0.5) is 0 Å². The van der Waals surface area contributed by atoms with Gasteiger partial charge in [-0.25, -0.2) is 0 Å². The molecule has 2 heterocycles. The summed E-state index contributed by atoms with van der Waals surface area (Å²) in [5, 5.41) is 6.13. The number of piperidine rings is 1. The maximum atomic E-state index is 11.8. The number of para-hydroxylation sites is 1. The van der Waals surface area contributed by atoms with Gasteiger partial charge in [-0.2, -0.15) is 0 Å². The molecule has 1 aromatic rings. The molecule has 1 aromatic carbocycles. The van der Waals surface area contributed by atoms with Crippen LogP contribution in [0.1, 0.15) is 37.2 Å². The van der Waals surface area contributed by atoms with E-state index in [0.717, 1.165) is 38.1 Å². The average molecular weight is 274 g/mol. The molecule has 4 nitrogen and oxygen atoms in total. The molecule has 1 amide bonds. The number of nitrogens with one attached hydrogen (secondary N) is 2. The highest BCUT2D eigenvalue weighted by Crippen LogP contribution is 2.45. The van der Waals surface area contributed by atoms with Crippen LogP contribution in [-0.2, 0) is 4.79 Å². The first-order chi connectivity index (χ1) is 9.72. The maximum Gasteiger partial charge on any atom is 0.220 e. The van der Waals surface area contributed by atoms with Crippen molar-refractivity contribution in [3.05, 3.63) is 29.8 Å². The van der Waals surface area contributed by atoms with Crippen LogP contribution in [0.25, 0.3) is 0 Å². The lowest BCUT2D eigenvalue weighted by Crippen LogP contribution is -2.49. The summed E-state index contributed by atoms with van der Waals surface area (Å²) in [4.78, 5) is 11.8. The van der Waals surface area contributed by atoms with E-state index < -0.39 is 0 Å². The van der Waals surface area contributed by atoms with Crippen LogP contribution in [0.2, 0.25) is 0 Å². The third-order valence-corrected chi connectivity index (χ3v) is 4.53. The predicted octanol–water partition coefficient (Wildman–Crippen LogP) is 1.81. The Kier molecular flexibility index (Phi) is 3.66. The number of ether oxygens (including phenoxy) is 1. The highest BCUT2D eigenvalue weighted by Gasteiger charge is 2.42. The van der Waals surface area contributed by atoms with E-state index in [0.29, 0.717) is 6.42 Å². The van der Waals surface area contributed by atoms with Gasteiger partial charge in [-0.3, -0.25) is 4.79 Å². The maximum absolute atomic E-state index is 11.8. The summed E-state index contributed by atoms with van der Waals surface area (Å²) in [6.07, 6.45) is 3.53. The van der Waals surface area contributed by atoms with Crippen LogP contribution in [0, 0.1) is 0 Å². The molecular formula is C16H22N2O2. The number of hydrogen-bond acceptors (Lipinski definition) is 3.